The Kier molecular flexibility index (Phi) is 8.47. The van der Waals surface area contributed by atoms with E-state index in [1.807, 2.05) is 42.8 Å². The van der Waals surface area contributed by atoms with Gasteiger partial charge in [0.1, 0.15) is 0 Å². The minimum atomic E-state index is 0.00823. The number of hydrogen-bond acceptors (Lipinski definition) is 5. The van der Waals surface area contributed by atoms with Crippen molar-refractivity contribution in [3.63, 3.8) is 0 Å². The Morgan fingerprint density at radius 1 is 1.32 bits per heavy atom. The van der Waals surface area contributed by atoms with Crippen LogP contribution < -0.4 is 5.32 Å². The van der Waals surface area contributed by atoms with Crippen molar-refractivity contribution in [2.75, 3.05) is 32.8 Å². The molecule has 7 nitrogen and oxygen atoms in total. The molecular weight excluding hydrogens is 414 g/mol. The highest BCUT2D eigenvalue weighted by molar-refractivity contribution is 6.31. The lowest BCUT2D eigenvalue weighted by Crippen LogP contribution is -2.44. The van der Waals surface area contributed by atoms with Crippen LogP contribution in [0.2, 0.25) is 5.02 Å². The molecule has 1 aliphatic heterocycles. The molecule has 2 aromatic rings. The van der Waals surface area contributed by atoms with Crippen molar-refractivity contribution in [1.82, 2.24) is 20.0 Å². The summed E-state index contributed by atoms with van der Waals surface area (Å²) in [5.41, 5.74) is 4.06. The normalized spacial score (nSPS) is 15.4. The second kappa shape index (κ2) is 11.3. The zero-order valence-electron chi connectivity index (χ0n) is 18.2. The molecule has 1 saturated heterocycles. The predicted molar refractivity (Wildman–Crippen MR) is 120 cm³/mol. The van der Waals surface area contributed by atoms with Crippen LogP contribution in [0.1, 0.15) is 41.4 Å². The van der Waals surface area contributed by atoms with Crippen LogP contribution in [0, 0.1) is 25.2 Å². The molecule has 8 heteroatoms. The van der Waals surface area contributed by atoms with Crippen molar-refractivity contribution < 1.29 is 9.53 Å². The summed E-state index contributed by atoms with van der Waals surface area (Å²) in [4.78, 5) is 15.0. The van der Waals surface area contributed by atoms with E-state index in [-0.39, 0.29) is 11.9 Å². The zero-order valence-corrected chi connectivity index (χ0v) is 19.0. The average Bonchev–Trinajstić information content (AvgIpc) is 3.05. The summed E-state index contributed by atoms with van der Waals surface area (Å²) >= 11 is 6.47. The fourth-order valence-electron chi connectivity index (χ4n) is 4.08. The summed E-state index contributed by atoms with van der Waals surface area (Å²) in [6.07, 6.45) is 1.45. The van der Waals surface area contributed by atoms with Gasteiger partial charge in [-0.05, 0) is 37.5 Å². The van der Waals surface area contributed by atoms with Gasteiger partial charge in [0.2, 0.25) is 5.91 Å². The quantitative estimate of drug-likeness (QED) is 0.643. The summed E-state index contributed by atoms with van der Waals surface area (Å²) in [5, 5.41) is 17.1. The van der Waals surface area contributed by atoms with E-state index in [4.69, 9.17) is 21.6 Å². The molecule has 3 rings (SSSR count). The Morgan fingerprint density at radius 3 is 2.77 bits per heavy atom. The van der Waals surface area contributed by atoms with Crippen LogP contribution in [-0.4, -0.2) is 53.4 Å². The maximum Gasteiger partial charge on any atom is 0.220 e. The standard InChI is InChI=1S/C23H30ClN5O2/c1-17-19(18(2)29(27-17)11-5-10-25)8-9-23(30)26-16-22(28-12-14-31-15-13-28)20-6-3-4-7-21(20)24/h3-4,6-7,22H,5,8-9,11-16H2,1-2H3,(H,26,30). The van der Waals surface area contributed by atoms with E-state index >= 15 is 0 Å². The molecule has 0 radical (unpaired) electrons. The van der Waals surface area contributed by atoms with Gasteiger partial charge in [-0.15, -0.1) is 0 Å². The fourth-order valence-corrected chi connectivity index (χ4v) is 4.34. The first-order valence-corrected chi connectivity index (χ1v) is 11.1. The van der Waals surface area contributed by atoms with E-state index in [9.17, 15) is 4.79 Å². The van der Waals surface area contributed by atoms with Crippen LogP contribution in [0.25, 0.3) is 0 Å². The van der Waals surface area contributed by atoms with Gasteiger partial charge < -0.3 is 10.1 Å². The number of nitriles is 1. The number of nitrogens with one attached hydrogen (secondary N) is 1. The van der Waals surface area contributed by atoms with E-state index in [0.717, 1.165) is 35.6 Å². The number of carbonyl (C=O) groups is 1. The third-order valence-corrected chi connectivity index (χ3v) is 6.16. The molecular formula is C23H30ClN5O2. The highest BCUT2D eigenvalue weighted by Crippen LogP contribution is 2.27. The zero-order chi connectivity index (χ0) is 22.2. The largest absolute Gasteiger partial charge is 0.379 e. The number of carbonyl (C=O) groups excluding carboxylic acids is 1. The molecule has 1 aromatic heterocycles. The molecule has 166 valence electrons. The van der Waals surface area contributed by atoms with Gasteiger partial charge in [-0.2, -0.15) is 10.4 Å². The first-order valence-electron chi connectivity index (χ1n) is 10.7. The lowest BCUT2D eigenvalue weighted by Gasteiger charge is -2.35. The van der Waals surface area contributed by atoms with Gasteiger partial charge in [-0.1, -0.05) is 29.8 Å². The predicted octanol–water partition coefficient (Wildman–Crippen LogP) is 3.19. The minimum Gasteiger partial charge on any atom is -0.379 e. The Labute approximate surface area is 188 Å². The van der Waals surface area contributed by atoms with Crippen molar-refractivity contribution in [2.24, 2.45) is 0 Å². The van der Waals surface area contributed by atoms with Gasteiger partial charge in [0.05, 0.1) is 44.0 Å². The van der Waals surface area contributed by atoms with Crippen LogP contribution in [0.5, 0.6) is 0 Å². The first kappa shape index (κ1) is 23.3. The molecule has 2 heterocycles. The molecule has 1 fully saturated rings. The third kappa shape index (κ3) is 6.07. The van der Waals surface area contributed by atoms with E-state index in [2.05, 4.69) is 21.4 Å². The molecule has 1 atom stereocenters. The lowest BCUT2D eigenvalue weighted by atomic mass is 10.0. The van der Waals surface area contributed by atoms with Crippen LogP contribution in [-0.2, 0) is 22.5 Å². The topological polar surface area (TPSA) is 83.2 Å². The molecule has 0 aliphatic carbocycles. The SMILES string of the molecule is Cc1nn(CCC#N)c(C)c1CCC(=O)NCC(c1ccccc1Cl)N1CCOCC1. The Hall–Kier alpha value is -2.40. The number of nitrogens with zero attached hydrogens (tertiary/aromatic N) is 4. The van der Waals surface area contributed by atoms with Gasteiger partial charge in [0.15, 0.2) is 0 Å². The summed E-state index contributed by atoms with van der Waals surface area (Å²) in [6, 6.07) is 9.97. The maximum absolute atomic E-state index is 12.7. The van der Waals surface area contributed by atoms with Crippen molar-refractivity contribution in [3.05, 3.63) is 51.8 Å². The number of hydrogen-bond donors (Lipinski definition) is 1. The third-order valence-electron chi connectivity index (χ3n) is 5.81. The van der Waals surface area contributed by atoms with Crippen molar-refractivity contribution in [2.45, 2.75) is 45.7 Å². The summed E-state index contributed by atoms with van der Waals surface area (Å²) in [6.45, 7) is 8.02. The van der Waals surface area contributed by atoms with E-state index in [1.54, 1.807) is 0 Å². The summed E-state index contributed by atoms with van der Waals surface area (Å²) < 4.78 is 7.35. The highest BCUT2D eigenvalue weighted by Gasteiger charge is 2.25. The highest BCUT2D eigenvalue weighted by atomic mass is 35.5. The van der Waals surface area contributed by atoms with Gasteiger partial charge in [0.25, 0.3) is 0 Å². The number of ether oxygens (including phenoxy) is 1. The van der Waals surface area contributed by atoms with Crippen LogP contribution in [0.3, 0.4) is 0 Å². The van der Waals surface area contributed by atoms with Crippen LogP contribution >= 0.6 is 11.6 Å². The molecule has 0 spiro atoms. The van der Waals surface area contributed by atoms with Gasteiger partial charge in [0, 0.05) is 36.8 Å². The minimum absolute atomic E-state index is 0.00823. The Balaban J connectivity index is 1.61. The first-order chi connectivity index (χ1) is 15.0. The van der Waals surface area contributed by atoms with Gasteiger partial charge in [-0.25, -0.2) is 0 Å². The number of halogens is 1. The molecule has 31 heavy (non-hydrogen) atoms. The number of rotatable bonds is 9. The van der Waals surface area contributed by atoms with Gasteiger partial charge >= 0.3 is 0 Å². The van der Waals surface area contributed by atoms with Crippen LogP contribution in [0.4, 0.5) is 0 Å². The molecule has 1 unspecified atom stereocenters. The monoisotopic (exact) mass is 443 g/mol. The molecule has 1 aliphatic rings. The molecule has 1 N–H and O–H groups in total. The fraction of sp³-hybridized carbons (Fsp3) is 0.522. The lowest BCUT2D eigenvalue weighted by molar-refractivity contribution is -0.121. The second-order valence-corrected chi connectivity index (χ2v) is 8.18. The van der Waals surface area contributed by atoms with Gasteiger partial charge in [-0.3, -0.25) is 14.4 Å². The van der Waals surface area contributed by atoms with E-state index < -0.39 is 0 Å². The Bertz CT molecular complexity index is 931. The average molecular weight is 444 g/mol. The number of morpholine rings is 1. The van der Waals surface area contributed by atoms with E-state index in [1.165, 1.54) is 0 Å². The second-order valence-electron chi connectivity index (χ2n) is 7.77. The smallest absolute Gasteiger partial charge is 0.220 e. The van der Waals surface area contributed by atoms with Crippen molar-refractivity contribution >= 4 is 17.5 Å². The van der Waals surface area contributed by atoms with Crippen molar-refractivity contribution in [1.29, 1.82) is 5.26 Å². The number of aromatic nitrogens is 2. The number of benzene rings is 1. The van der Waals surface area contributed by atoms with E-state index in [0.29, 0.717) is 50.6 Å². The molecule has 0 bridgehead atoms. The molecule has 1 aromatic carbocycles. The molecule has 1 amide bonds. The van der Waals surface area contributed by atoms with Crippen molar-refractivity contribution in [3.8, 4) is 6.07 Å². The molecule has 0 saturated carbocycles. The number of aryl methyl sites for hydroxylation is 2. The van der Waals surface area contributed by atoms with Crippen LogP contribution in [0.15, 0.2) is 24.3 Å². The maximum atomic E-state index is 12.7. The summed E-state index contributed by atoms with van der Waals surface area (Å²) in [5.74, 6) is 0.00823. The Morgan fingerprint density at radius 2 is 2.06 bits per heavy atom. The number of amides is 1. The summed E-state index contributed by atoms with van der Waals surface area (Å²) in [7, 11) is 0.